The molecule has 0 aliphatic carbocycles. The van der Waals surface area contributed by atoms with Gasteiger partial charge in [-0.3, -0.25) is 4.79 Å². The van der Waals surface area contributed by atoms with Crippen LogP contribution in [0, 0.1) is 5.82 Å². The number of carbonyl (C=O) groups excluding carboxylic acids is 1. The fraction of sp³-hybridized carbons (Fsp3) is 0.333. The molecule has 0 aliphatic rings. The van der Waals surface area contributed by atoms with Crippen molar-refractivity contribution in [3.8, 4) is 0 Å². The Kier molecular flexibility index (Phi) is 6.70. The van der Waals surface area contributed by atoms with Gasteiger partial charge in [0.15, 0.2) is 5.16 Å². The highest BCUT2D eigenvalue weighted by Gasteiger charge is 2.21. The van der Waals surface area contributed by atoms with Crippen molar-refractivity contribution >= 4 is 28.7 Å². The molecule has 3 rings (SSSR count). The molecule has 0 bridgehead atoms. The summed E-state index contributed by atoms with van der Waals surface area (Å²) in [5, 5.41) is 3.44. The maximum atomic E-state index is 13.1. The SMILES string of the molecule is COCCn1c(S[C@H](C)C(=O)N[C@@H](C)c2ccc(F)cc2)nc2ccccc21. The molecule has 0 saturated heterocycles. The Labute approximate surface area is 168 Å². The lowest BCUT2D eigenvalue weighted by atomic mass is 10.1. The molecule has 0 radical (unpaired) electrons. The summed E-state index contributed by atoms with van der Waals surface area (Å²) < 4.78 is 20.4. The molecule has 7 heteroatoms. The number of hydrogen-bond acceptors (Lipinski definition) is 4. The molecule has 3 aromatic rings. The van der Waals surface area contributed by atoms with E-state index in [9.17, 15) is 9.18 Å². The minimum atomic E-state index is -0.332. The fourth-order valence-corrected chi connectivity index (χ4v) is 3.88. The molecule has 1 N–H and O–H groups in total. The Morgan fingerprint density at radius 2 is 1.93 bits per heavy atom. The van der Waals surface area contributed by atoms with Crippen molar-refractivity contribution in [3.63, 3.8) is 0 Å². The number of aromatic nitrogens is 2. The van der Waals surface area contributed by atoms with Crippen LogP contribution in [-0.4, -0.2) is 34.4 Å². The molecule has 5 nitrogen and oxygen atoms in total. The van der Waals surface area contributed by atoms with Gasteiger partial charge in [-0.15, -0.1) is 0 Å². The number of nitrogens with zero attached hydrogens (tertiary/aromatic N) is 2. The number of amides is 1. The first-order valence-corrected chi connectivity index (χ1v) is 10.0. The van der Waals surface area contributed by atoms with Crippen LogP contribution in [-0.2, 0) is 16.1 Å². The lowest BCUT2D eigenvalue weighted by Gasteiger charge is -2.18. The number of imidazole rings is 1. The monoisotopic (exact) mass is 401 g/mol. The first-order valence-electron chi connectivity index (χ1n) is 9.16. The fourth-order valence-electron chi connectivity index (χ4n) is 2.92. The average molecular weight is 402 g/mol. The van der Waals surface area contributed by atoms with Crippen LogP contribution in [0.25, 0.3) is 11.0 Å². The zero-order chi connectivity index (χ0) is 20.1. The Bertz CT molecular complexity index is 942. The number of carbonyl (C=O) groups is 1. The highest BCUT2D eigenvalue weighted by molar-refractivity contribution is 8.00. The smallest absolute Gasteiger partial charge is 0.233 e. The van der Waals surface area contributed by atoms with Crippen molar-refractivity contribution in [2.75, 3.05) is 13.7 Å². The summed E-state index contributed by atoms with van der Waals surface area (Å²) in [6.07, 6.45) is 0. The Hall–Kier alpha value is -2.38. The van der Waals surface area contributed by atoms with Crippen LogP contribution in [0.4, 0.5) is 4.39 Å². The second-order valence-corrected chi connectivity index (χ2v) is 7.88. The zero-order valence-corrected chi connectivity index (χ0v) is 17.0. The van der Waals surface area contributed by atoms with Gasteiger partial charge in [-0.1, -0.05) is 36.0 Å². The molecule has 28 heavy (non-hydrogen) atoms. The summed E-state index contributed by atoms with van der Waals surface area (Å²) in [6.45, 7) is 4.98. The summed E-state index contributed by atoms with van der Waals surface area (Å²) >= 11 is 1.42. The number of para-hydroxylation sites is 2. The number of rotatable bonds is 8. The molecule has 1 heterocycles. The summed E-state index contributed by atoms with van der Waals surface area (Å²) in [7, 11) is 1.67. The molecular weight excluding hydrogens is 377 g/mol. The van der Waals surface area contributed by atoms with Crippen molar-refractivity contribution < 1.29 is 13.9 Å². The van der Waals surface area contributed by atoms with Gasteiger partial charge in [0.2, 0.25) is 5.91 Å². The zero-order valence-electron chi connectivity index (χ0n) is 16.2. The number of methoxy groups -OCH3 is 1. The number of nitrogens with one attached hydrogen (secondary N) is 1. The van der Waals surface area contributed by atoms with Crippen molar-refractivity contribution in [2.45, 2.75) is 36.8 Å². The third-order valence-corrected chi connectivity index (χ3v) is 5.61. The van der Waals surface area contributed by atoms with E-state index in [-0.39, 0.29) is 23.0 Å². The van der Waals surface area contributed by atoms with Gasteiger partial charge >= 0.3 is 0 Å². The molecule has 0 saturated carbocycles. The van der Waals surface area contributed by atoms with Crippen molar-refractivity contribution in [3.05, 3.63) is 59.9 Å². The summed E-state index contributed by atoms with van der Waals surface area (Å²) in [5.41, 5.74) is 2.78. The Morgan fingerprint density at radius 3 is 2.64 bits per heavy atom. The third-order valence-electron chi connectivity index (χ3n) is 4.52. The first-order chi connectivity index (χ1) is 13.5. The van der Waals surface area contributed by atoms with Crippen molar-refractivity contribution in [1.29, 1.82) is 0 Å². The maximum absolute atomic E-state index is 13.1. The van der Waals surface area contributed by atoms with E-state index in [1.54, 1.807) is 19.2 Å². The highest BCUT2D eigenvalue weighted by atomic mass is 32.2. The molecule has 0 spiro atoms. The van der Waals surface area contributed by atoms with Gasteiger partial charge in [-0.25, -0.2) is 9.37 Å². The van der Waals surface area contributed by atoms with Gasteiger partial charge in [0, 0.05) is 13.7 Å². The lowest BCUT2D eigenvalue weighted by molar-refractivity contribution is -0.120. The number of fused-ring (bicyclic) bond motifs is 1. The van der Waals surface area contributed by atoms with E-state index in [0.717, 1.165) is 21.8 Å². The van der Waals surface area contributed by atoms with E-state index in [1.807, 2.05) is 38.1 Å². The van der Waals surface area contributed by atoms with E-state index < -0.39 is 0 Å². The Morgan fingerprint density at radius 1 is 1.21 bits per heavy atom. The standard InChI is InChI=1S/C21H24FN3O2S/c1-14(16-8-10-17(22)11-9-16)23-20(26)15(2)28-21-24-18-6-4-5-7-19(18)25(21)12-13-27-3/h4-11,14-15H,12-13H2,1-3H3,(H,23,26)/t14-,15+/m0/s1. The highest BCUT2D eigenvalue weighted by Crippen LogP contribution is 2.28. The van der Waals surface area contributed by atoms with Gasteiger partial charge in [-0.05, 0) is 43.7 Å². The molecule has 0 aliphatic heterocycles. The summed E-state index contributed by atoms with van der Waals surface area (Å²) in [6, 6.07) is 13.9. The second-order valence-electron chi connectivity index (χ2n) is 6.57. The number of halogens is 1. The van der Waals surface area contributed by atoms with Gasteiger partial charge in [0.1, 0.15) is 5.82 Å². The van der Waals surface area contributed by atoms with Crippen LogP contribution in [0.2, 0.25) is 0 Å². The van der Waals surface area contributed by atoms with E-state index in [1.165, 1.54) is 23.9 Å². The normalized spacial score (nSPS) is 13.4. The van der Waals surface area contributed by atoms with E-state index >= 15 is 0 Å². The topological polar surface area (TPSA) is 56.1 Å². The predicted molar refractivity (Wildman–Crippen MR) is 110 cm³/mol. The maximum Gasteiger partial charge on any atom is 0.233 e. The average Bonchev–Trinajstić information content (AvgIpc) is 3.03. The van der Waals surface area contributed by atoms with Gasteiger partial charge < -0.3 is 14.6 Å². The first kappa shape index (κ1) is 20.4. The quantitative estimate of drug-likeness (QED) is 0.576. The number of ether oxygens (including phenoxy) is 1. The van der Waals surface area contributed by atoms with Crippen molar-refractivity contribution in [2.24, 2.45) is 0 Å². The Balaban J connectivity index is 1.72. The molecule has 1 aromatic heterocycles. The summed E-state index contributed by atoms with van der Waals surface area (Å²) in [4.78, 5) is 17.4. The molecule has 2 aromatic carbocycles. The third kappa shape index (κ3) is 4.72. The van der Waals surface area contributed by atoms with Crippen LogP contribution in [0.5, 0.6) is 0 Å². The minimum absolute atomic E-state index is 0.0906. The van der Waals surface area contributed by atoms with Crippen LogP contribution < -0.4 is 5.32 Å². The molecule has 0 unspecified atom stereocenters. The van der Waals surface area contributed by atoms with E-state index in [2.05, 4.69) is 14.9 Å². The molecule has 0 fully saturated rings. The van der Waals surface area contributed by atoms with Crippen LogP contribution >= 0.6 is 11.8 Å². The largest absolute Gasteiger partial charge is 0.383 e. The number of benzene rings is 2. The molecular formula is C21H24FN3O2S. The van der Waals surface area contributed by atoms with Crippen LogP contribution in [0.3, 0.4) is 0 Å². The molecule has 2 atom stereocenters. The number of thioether (sulfide) groups is 1. The van der Waals surface area contributed by atoms with Crippen molar-refractivity contribution in [1.82, 2.24) is 14.9 Å². The van der Waals surface area contributed by atoms with E-state index in [0.29, 0.717) is 13.2 Å². The molecule has 1 amide bonds. The number of hydrogen-bond donors (Lipinski definition) is 1. The lowest BCUT2D eigenvalue weighted by Crippen LogP contribution is -2.33. The van der Waals surface area contributed by atoms with Gasteiger partial charge in [0.25, 0.3) is 0 Å². The molecule has 148 valence electrons. The van der Waals surface area contributed by atoms with Crippen LogP contribution in [0.15, 0.2) is 53.7 Å². The second kappa shape index (κ2) is 9.21. The summed E-state index contributed by atoms with van der Waals surface area (Å²) in [5.74, 6) is -0.381. The van der Waals surface area contributed by atoms with E-state index in [4.69, 9.17) is 4.74 Å². The predicted octanol–water partition coefficient (Wildman–Crippen LogP) is 4.18. The van der Waals surface area contributed by atoms with Crippen LogP contribution in [0.1, 0.15) is 25.5 Å². The van der Waals surface area contributed by atoms with Gasteiger partial charge in [-0.2, -0.15) is 0 Å². The van der Waals surface area contributed by atoms with Gasteiger partial charge in [0.05, 0.1) is 28.9 Å². The minimum Gasteiger partial charge on any atom is -0.383 e.